The molecule has 1 unspecified atom stereocenters. The van der Waals surface area contributed by atoms with Crippen LogP contribution < -0.4 is 23.2 Å². The van der Waals surface area contributed by atoms with Gasteiger partial charge in [0, 0.05) is 6.07 Å². The van der Waals surface area contributed by atoms with Crippen LogP contribution in [0.4, 0.5) is 11.4 Å². The first kappa shape index (κ1) is 22.7. The van der Waals surface area contributed by atoms with Gasteiger partial charge in [0.25, 0.3) is 10.0 Å². The van der Waals surface area contributed by atoms with Crippen LogP contribution in [0.1, 0.15) is 6.92 Å². The summed E-state index contributed by atoms with van der Waals surface area (Å²) in [5.41, 5.74) is 0.103. The van der Waals surface area contributed by atoms with E-state index in [2.05, 4.69) is 4.72 Å². The summed E-state index contributed by atoms with van der Waals surface area (Å²) in [4.78, 5) is 12.1. The highest BCUT2D eigenvalue weighted by Gasteiger charge is 2.42. The van der Waals surface area contributed by atoms with Gasteiger partial charge < -0.3 is 14.2 Å². The third kappa shape index (κ3) is 4.26. The third-order valence-electron chi connectivity index (χ3n) is 4.67. The van der Waals surface area contributed by atoms with Gasteiger partial charge >= 0.3 is 0 Å². The van der Waals surface area contributed by atoms with E-state index in [0.29, 0.717) is 15.8 Å². The molecule has 1 amide bonds. The molecule has 0 bridgehead atoms. The van der Waals surface area contributed by atoms with Gasteiger partial charge in [0.2, 0.25) is 15.9 Å². The lowest BCUT2D eigenvalue weighted by Gasteiger charge is -2.18. The van der Waals surface area contributed by atoms with Gasteiger partial charge in [-0.25, -0.2) is 21.1 Å². The fraction of sp³-hybridized carbons (Fsp3) is 0.316. The number of ether oxygens (including phenoxy) is 3. The fourth-order valence-corrected chi connectivity index (χ4v) is 6.25. The lowest BCUT2D eigenvalue weighted by molar-refractivity contribution is -0.119. The molecule has 2 aromatic carbocycles. The van der Waals surface area contributed by atoms with Crippen LogP contribution in [0.25, 0.3) is 0 Å². The second kappa shape index (κ2) is 8.27. The van der Waals surface area contributed by atoms with Crippen LogP contribution in [-0.2, 0) is 24.8 Å². The average molecular weight is 471 g/mol. The van der Waals surface area contributed by atoms with Crippen molar-refractivity contribution in [1.29, 1.82) is 0 Å². The van der Waals surface area contributed by atoms with E-state index in [1.807, 2.05) is 0 Å². The minimum absolute atomic E-state index is 0.0196. The van der Waals surface area contributed by atoms with Crippen molar-refractivity contribution in [2.24, 2.45) is 5.92 Å². The Labute approximate surface area is 180 Å². The molecule has 1 atom stereocenters. The molecule has 0 radical (unpaired) electrons. The topological polar surface area (TPSA) is 128 Å². The number of carbonyl (C=O) groups is 1. The van der Waals surface area contributed by atoms with E-state index in [4.69, 9.17) is 14.2 Å². The van der Waals surface area contributed by atoms with Crippen molar-refractivity contribution in [1.82, 2.24) is 0 Å². The highest BCUT2D eigenvalue weighted by atomic mass is 32.2. The summed E-state index contributed by atoms with van der Waals surface area (Å²) >= 11 is 0. The average Bonchev–Trinajstić information content (AvgIpc) is 2.93. The molecule has 1 saturated heterocycles. The van der Waals surface area contributed by atoms with E-state index in [1.54, 1.807) is 0 Å². The fourth-order valence-electron chi connectivity index (χ4n) is 3.20. The Morgan fingerprint density at radius 1 is 0.968 bits per heavy atom. The Bertz CT molecular complexity index is 1230. The van der Waals surface area contributed by atoms with Crippen molar-refractivity contribution in [3.63, 3.8) is 0 Å². The van der Waals surface area contributed by atoms with E-state index in [-0.39, 0.29) is 27.8 Å². The van der Waals surface area contributed by atoms with E-state index >= 15 is 0 Å². The zero-order valence-electron chi connectivity index (χ0n) is 17.3. The number of hydrogen-bond donors (Lipinski definition) is 1. The van der Waals surface area contributed by atoms with E-state index in [9.17, 15) is 21.6 Å². The lowest BCUT2D eigenvalue weighted by atomic mass is 10.2. The number of rotatable bonds is 7. The van der Waals surface area contributed by atoms with Crippen molar-refractivity contribution in [2.75, 3.05) is 36.1 Å². The minimum Gasteiger partial charge on any atom is -0.495 e. The molecule has 1 heterocycles. The normalized spacial score (nSPS) is 18.0. The number of carbonyl (C=O) groups excluding carboxylic acids is 1. The number of sulfonamides is 2. The lowest BCUT2D eigenvalue weighted by Crippen LogP contribution is -2.30. The molecule has 1 aliphatic rings. The predicted octanol–water partition coefficient (Wildman–Crippen LogP) is 1.83. The van der Waals surface area contributed by atoms with Gasteiger partial charge in [0.15, 0.2) is 11.5 Å². The van der Waals surface area contributed by atoms with Gasteiger partial charge in [-0.1, -0.05) is 6.92 Å². The molecular weight excluding hydrogens is 448 g/mol. The predicted molar refractivity (Wildman–Crippen MR) is 114 cm³/mol. The molecular formula is C19H22N2O8S2. The third-order valence-corrected chi connectivity index (χ3v) is 7.94. The number of benzene rings is 2. The van der Waals surface area contributed by atoms with Crippen LogP contribution in [0, 0.1) is 5.92 Å². The zero-order chi connectivity index (χ0) is 23.0. The molecule has 0 saturated carbocycles. The van der Waals surface area contributed by atoms with Crippen molar-refractivity contribution in [3.8, 4) is 17.2 Å². The zero-order valence-corrected chi connectivity index (χ0v) is 18.9. The summed E-state index contributed by atoms with van der Waals surface area (Å²) in [5, 5.41) is 0. The number of nitrogens with zero attached hydrogens (tertiary/aromatic N) is 1. The van der Waals surface area contributed by atoms with Crippen LogP contribution in [-0.4, -0.2) is 49.8 Å². The number of nitrogens with one attached hydrogen (secondary N) is 1. The maximum Gasteiger partial charge on any atom is 0.265 e. The number of methoxy groups -OCH3 is 3. The molecule has 31 heavy (non-hydrogen) atoms. The first-order chi connectivity index (χ1) is 14.5. The second-order valence-corrected chi connectivity index (χ2v) is 10.3. The van der Waals surface area contributed by atoms with Crippen molar-refractivity contribution >= 4 is 37.3 Å². The molecule has 1 aliphatic heterocycles. The van der Waals surface area contributed by atoms with Gasteiger partial charge in [-0.2, -0.15) is 0 Å². The summed E-state index contributed by atoms with van der Waals surface area (Å²) in [5.74, 6) is -0.987. The minimum atomic E-state index is -4.23. The molecule has 0 aliphatic carbocycles. The number of hydrogen-bond acceptors (Lipinski definition) is 8. The van der Waals surface area contributed by atoms with Gasteiger partial charge in [-0.05, 0) is 30.3 Å². The standard InChI is InChI=1S/C19H22N2O8S2/c1-12-11-30(23,24)21(19(12)22)14-6-8-16(28-3)18(10-14)31(25,26)20-13-5-7-15(27-2)17(9-13)29-4/h5-10,12,20H,11H2,1-4H3. The van der Waals surface area contributed by atoms with E-state index in [1.165, 1.54) is 58.6 Å². The smallest absolute Gasteiger partial charge is 0.265 e. The Morgan fingerprint density at radius 3 is 2.13 bits per heavy atom. The highest BCUT2D eigenvalue weighted by Crippen LogP contribution is 2.36. The molecule has 168 valence electrons. The summed E-state index contributed by atoms with van der Waals surface area (Å²) < 4.78 is 69.5. The van der Waals surface area contributed by atoms with Crippen LogP contribution in [0.3, 0.4) is 0 Å². The van der Waals surface area contributed by atoms with E-state index < -0.39 is 31.9 Å². The summed E-state index contributed by atoms with van der Waals surface area (Å²) in [6.45, 7) is 1.50. The molecule has 0 aromatic heterocycles. The van der Waals surface area contributed by atoms with E-state index in [0.717, 1.165) is 6.07 Å². The molecule has 10 nitrogen and oxygen atoms in total. The van der Waals surface area contributed by atoms with Crippen LogP contribution >= 0.6 is 0 Å². The highest BCUT2D eigenvalue weighted by molar-refractivity contribution is 7.94. The van der Waals surface area contributed by atoms with Gasteiger partial charge in [-0.15, -0.1) is 0 Å². The first-order valence-electron chi connectivity index (χ1n) is 9.03. The number of anilines is 2. The molecule has 1 N–H and O–H groups in total. The first-order valence-corrected chi connectivity index (χ1v) is 12.1. The maximum atomic E-state index is 13.1. The summed E-state index contributed by atoms with van der Waals surface area (Å²) in [6, 6.07) is 8.15. The van der Waals surface area contributed by atoms with Crippen LogP contribution in [0.5, 0.6) is 17.2 Å². The Kier molecular flexibility index (Phi) is 6.05. The molecule has 12 heteroatoms. The monoisotopic (exact) mass is 470 g/mol. The van der Waals surface area contributed by atoms with Crippen LogP contribution in [0.15, 0.2) is 41.3 Å². The van der Waals surface area contributed by atoms with Crippen molar-refractivity contribution < 1.29 is 35.8 Å². The molecule has 0 spiro atoms. The van der Waals surface area contributed by atoms with Crippen LogP contribution in [0.2, 0.25) is 0 Å². The Hall–Kier alpha value is -2.99. The maximum absolute atomic E-state index is 13.1. The van der Waals surface area contributed by atoms with Crippen molar-refractivity contribution in [3.05, 3.63) is 36.4 Å². The Morgan fingerprint density at radius 2 is 1.58 bits per heavy atom. The second-order valence-electron chi connectivity index (χ2n) is 6.79. The SMILES string of the molecule is COc1ccc(NS(=O)(=O)c2cc(N3C(=O)C(C)CS3(=O)=O)ccc2OC)cc1OC. The summed E-state index contributed by atoms with van der Waals surface area (Å²) in [7, 11) is -3.98. The molecule has 2 aromatic rings. The molecule has 1 fully saturated rings. The summed E-state index contributed by atoms with van der Waals surface area (Å²) in [6.07, 6.45) is 0. The number of amides is 1. The largest absolute Gasteiger partial charge is 0.495 e. The van der Waals surface area contributed by atoms with Gasteiger partial charge in [0.05, 0.1) is 44.4 Å². The quantitative estimate of drug-likeness (QED) is 0.649. The van der Waals surface area contributed by atoms with Gasteiger partial charge in [-0.3, -0.25) is 9.52 Å². The van der Waals surface area contributed by atoms with Gasteiger partial charge in [0.1, 0.15) is 10.6 Å². The Balaban J connectivity index is 2.05. The molecule has 3 rings (SSSR count). The van der Waals surface area contributed by atoms with Crippen molar-refractivity contribution in [2.45, 2.75) is 11.8 Å².